The van der Waals surface area contributed by atoms with Gasteiger partial charge in [0.15, 0.2) is 5.82 Å². The summed E-state index contributed by atoms with van der Waals surface area (Å²) in [6.45, 7) is 0. The molecule has 5 nitrogen and oxygen atoms in total. The third-order valence-electron chi connectivity index (χ3n) is 2.12. The summed E-state index contributed by atoms with van der Waals surface area (Å²) in [4.78, 5) is 7.79. The van der Waals surface area contributed by atoms with E-state index in [0.29, 0.717) is 10.8 Å². The zero-order chi connectivity index (χ0) is 12.3. The first kappa shape index (κ1) is 11.5. The number of ether oxygens (including phenoxy) is 1. The van der Waals surface area contributed by atoms with E-state index in [9.17, 15) is 0 Å². The number of aromatic nitrogens is 2. The van der Waals surface area contributed by atoms with Crippen LogP contribution in [0.25, 0.3) is 0 Å². The van der Waals surface area contributed by atoms with Crippen LogP contribution in [0.15, 0.2) is 30.5 Å². The van der Waals surface area contributed by atoms with Gasteiger partial charge in [0, 0.05) is 5.69 Å². The first-order chi connectivity index (χ1) is 8.19. The van der Waals surface area contributed by atoms with Crippen LogP contribution in [0.4, 0.5) is 17.5 Å². The number of methoxy groups -OCH3 is 1. The highest BCUT2D eigenvalue weighted by Crippen LogP contribution is 2.24. The van der Waals surface area contributed by atoms with E-state index < -0.39 is 0 Å². The van der Waals surface area contributed by atoms with Crippen LogP contribution in [0.2, 0.25) is 5.02 Å². The van der Waals surface area contributed by atoms with Crippen LogP contribution in [0.3, 0.4) is 0 Å². The molecule has 17 heavy (non-hydrogen) atoms. The largest absolute Gasteiger partial charge is 0.497 e. The lowest BCUT2D eigenvalue weighted by Gasteiger charge is -2.08. The van der Waals surface area contributed by atoms with Crippen molar-refractivity contribution in [1.82, 2.24) is 9.97 Å². The van der Waals surface area contributed by atoms with Gasteiger partial charge >= 0.3 is 0 Å². The Morgan fingerprint density at radius 3 is 2.65 bits per heavy atom. The fourth-order valence-corrected chi connectivity index (χ4v) is 1.42. The average molecular weight is 251 g/mol. The van der Waals surface area contributed by atoms with Crippen molar-refractivity contribution in [2.75, 3.05) is 18.2 Å². The van der Waals surface area contributed by atoms with Gasteiger partial charge in [0.1, 0.15) is 10.8 Å². The number of rotatable bonds is 3. The van der Waals surface area contributed by atoms with Gasteiger partial charge < -0.3 is 15.8 Å². The van der Waals surface area contributed by atoms with Gasteiger partial charge in [-0.3, -0.25) is 0 Å². The monoisotopic (exact) mass is 250 g/mol. The minimum absolute atomic E-state index is 0.172. The fraction of sp³-hybridized carbons (Fsp3) is 0.0909. The Balaban J connectivity index is 2.22. The van der Waals surface area contributed by atoms with E-state index in [0.717, 1.165) is 11.4 Å². The number of nitrogens with one attached hydrogen (secondary N) is 1. The number of halogens is 1. The van der Waals surface area contributed by atoms with Gasteiger partial charge in [-0.2, -0.15) is 4.98 Å². The second-order valence-electron chi connectivity index (χ2n) is 3.28. The zero-order valence-electron chi connectivity index (χ0n) is 9.14. The maximum absolute atomic E-state index is 5.94. The van der Waals surface area contributed by atoms with Crippen LogP contribution < -0.4 is 15.8 Å². The van der Waals surface area contributed by atoms with Gasteiger partial charge in [-0.05, 0) is 24.3 Å². The zero-order valence-corrected chi connectivity index (χ0v) is 9.90. The lowest BCUT2D eigenvalue weighted by atomic mass is 10.3. The highest BCUT2D eigenvalue weighted by atomic mass is 35.5. The Morgan fingerprint density at radius 1 is 1.29 bits per heavy atom. The van der Waals surface area contributed by atoms with Crippen LogP contribution in [0, 0.1) is 0 Å². The molecule has 1 heterocycles. The Kier molecular flexibility index (Phi) is 3.30. The summed E-state index contributed by atoms with van der Waals surface area (Å²) in [5, 5.41) is 3.46. The molecule has 0 saturated heterocycles. The van der Waals surface area contributed by atoms with Crippen molar-refractivity contribution >= 4 is 29.1 Å². The first-order valence-electron chi connectivity index (χ1n) is 4.88. The highest BCUT2D eigenvalue weighted by molar-refractivity contribution is 6.32. The Hall–Kier alpha value is -2.01. The molecule has 0 aliphatic carbocycles. The second-order valence-corrected chi connectivity index (χ2v) is 3.69. The molecule has 0 saturated carbocycles. The van der Waals surface area contributed by atoms with Gasteiger partial charge in [-0.15, -0.1) is 0 Å². The fourth-order valence-electron chi connectivity index (χ4n) is 1.28. The van der Waals surface area contributed by atoms with E-state index in [1.807, 2.05) is 24.3 Å². The molecule has 1 aromatic heterocycles. The molecule has 0 fully saturated rings. The molecule has 88 valence electrons. The maximum Gasteiger partial charge on any atom is 0.222 e. The SMILES string of the molecule is COc1ccc(Nc2nc(N)ncc2Cl)cc1. The number of hydrogen-bond donors (Lipinski definition) is 2. The molecular formula is C11H11ClN4O. The molecule has 0 radical (unpaired) electrons. The molecule has 0 aliphatic rings. The highest BCUT2D eigenvalue weighted by Gasteiger charge is 2.04. The number of nitrogens with two attached hydrogens (primary N) is 1. The number of nitrogen functional groups attached to an aromatic ring is 1. The predicted octanol–water partition coefficient (Wildman–Crippen LogP) is 2.46. The number of hydrogen-bond acceptors (Lipinski definition) is 5. The number of anilines is 3. The Bertz CT molecular complexity index is 515. The van der Waals surface area contributed by atoms with Crippen LogP contribution in [-0.4, -0.2) is 17.1 Å². The predicted molar refractivity (Wildman–Crippen MR) is 67.7 cm³/mol. The molecule has 0 aliphatic heterocycles. The Morgan fingerprint density at radius 2 is 2.00 bits per heavy atom. The number of nitrogens with zero attached hydrogens (tertiary/aromatic N) is 2. The Labute approximate surface area is 104 Å². The standard InChI is InChI=1S/C11H11ClN4O/c1-17-8-4-2-7(3-5-8)15-10-9(12)6-14-11(13)16-10/h2-6H,1H3,(H3,13,14,15,16). The second kappa shape index (κ2) is 4.88. The molecular weight excluding hydrogens is 240 g/mol. The van der Waals surface area contributed by atoms with Crippen LogP contribution in [0.1, 0.15) is 0 Å². The molecule has 3 N–H and O–H groups in total. The molecule has 0 spiro atoms. The van der Waals surface area contributed by atoms with Gasteiger partial charge in [-0.25, -0.2) is 4.98 Å². The lowest BCUT2D eigenvalue weighted by Crippen LogP contribution is -2.00. The van der Waals surface area contributed by atoms with E-state index in [1.165, 1.54) is 6.20 Å². The molecule has 2 aromatic rings. The van der Waals surface area contributed by atoms with E-state index in [4.69, 9.17) is 22.1 Å². The summed E-state index contributed by atoms with van der Waals surface area (Å²) in [5.74, 6) is 1.43. The van der Waals surface area contributed by atoms with E-state index >= 15 is 0 Å². The molecule has 0 unspecified atom stereocenters. The van der Waals surface area contributed by atoms with Crippen molar-refractivity contribution in [3.05, 3.63) is 35.5 Å². The topological polar surface area (TPSA) is 73.1 Å². The summed E-state index contributed by atoms with van der Waals surface area (Å²) in [6.07, 6.45) is 1.45. The average Bonchev–Trinajstić information content (AvgIpc) is 2.35. The third-order valence-corrected chi connectivity index (χ3v) is 2.39. The van der Waals surface area contributed by atoms with Crippen molar-refractivity contribution in [2.24, 2.45) is 0 Å². The smallest absolute Gasteiger partial charge is 0.222 e. The van der Waals surface area contributed by atoms with E-state index in [-0.39, 0.29) is 5.95 Å². The summed E-state index contributed by atoms with van der Waals surface area (Å²) in [7, 11) is 1.62. The maximum atomic E-state index is 5.94. The van der Waals surface area contributed by atoms with Gasteiger partial charge in [0.05, 0.1) is 13.3 Å². The van der Waals surface area contributed by atoms with Crippen LogP contribution in [0.5, 0.6) is 5.75 Å². The molecule has 0 bridgehead atoms. The van der Waals surface area contributed by atoms with Crippen molar-refractivity contribution in [2.45, 2.75) is 0 Å². The van der Waals surface area contributed by atoms with Gasteiger partial charge in [0.2, 0.25) is 5.95 Å². The lowest BCUT2D eigenvalue weighted by molar-refractivity contribution is 0.415. The first-order valence-corrected chi connectivity index (χ1v) is 5.26. The molecule has 0 amide bonds. The van der Waals surface area contributed by atoms with Crippen molar-refractivity contribution in [3.8, 4) is 5.75 Å². The van der Waals surface area contributed by atoms with E-state index in [1.54, 1.807) is 7.11 Å². The van der Waals surface area contributed by atoms with E-state index in [2.05, 4.69) is 15.3 Å². The van der Waals surface area contributed by atoms with Crippen molar-refractivity contribution < 1.29 is 4.74 Å². The summed E-state index contributed by atoms with van der Waals surface area (Å²) >= 11 is 5.94. The minimum atomic E-state index is 0.172. The minimum Gasteiger partial charge on any atom is -0.497 e. The molecule has 1 aromatic carbocycles. The third kappa shape index (κ3) is 2.76. The van der Waals surface area contributed by atoms with Crippen LogP contribution in [-0.2, 0) is 0 Å². The molecule has 0 atom stereocenters. The molecule has 6 heteroatoms. The normalized spacial score (nSPS) is 10.0. The number of benzene rings is 1. The summed E-state index contributed by atoms with van der Waals surface area (Å²) in [5.41, 5.74) is 6.32. The van der Waals surface area contributed by atoms with Crippen molar-refractivity contribution in [3.63, 3.8) is 0 Å². The van der Waals surface area contributed by atoms with Gasteiger partial charge in [0.25, 0.3) is 0 Å². The van der Waals surface area contributed by atoms with Crippen LogP contribution >= 0.6 is 11.6 Å². The van der Waals surface area contributed by atoms with Crippen molar-refractivity contribution in [1.29, 1.82) is 0 Å². The molecule has 2 rings (SSSR count). The summed E-state index contributed by atoms with van der Waals surface area (Å²) in [6, 6.07) is 7.38. The summed E-state index contributed by atoms with van der Waals surface area (Å²) < 4.78 is 5.06. The quantitative estimate of drug-likeness (QED) is 0.875. The van der Waals surface area contributed by atoms with Gasteiger partial charge in [-0.1, -0.05) is 11.6 Å².